The number of hydrogen-bond acceptors (Lipinski definition) is 5. The fourth-order valence-electron chi connectivity index (χ4n) is 3.78. The second-order valence-corrected chi connectivity index (χ2v) is 7.39. The number of hydrogen-bond donors (Lipinski definition) is 0. The molecule has 0 saturated carbocycles. The van der Waals surface area contributed by atoms with Crippen molar-refractivity contribution in [1.29, 1.82) is 0 Å². The van der Waals surface area contributed by atoms with Crippen molar-refractivity contribution in [2.24, 2.45) is 0 Å². The molecule has 0 unspecified atom stereocenters. The predicted molar refractivity (Wildman–Crippen MR) is 114 cm³/mol. The molecular formula is C23H19F3N4O2. The van der Waals surface area contributed by atoms with Gasteiger partial charge in [0, 0.05) is 30.5 Å². The van der Waals surface area contributed by atoms with Gasteiger partial charge in [0.1, 0.15) is 5.75 Å². The van der Waals surface area contributed by atoms with E-state index in [9.17, 15) is 13.2 Å². The van der Waals surface area contributed by atoms with E-state index in [1.807, 2.05) is 30.5 Å². The highest BCUT2D eigenvalue weighted by atomic mass is 19.4. The van der Waals surface area contributed by atoms with Gasteiger partial charge in [-0.05, 0) is 47.5 Å². The van der Waals surface area contributed by atoms with Gasteiger partial charge >= 0.3 is 6.36 Å². The fourth-order valence-corrected chi connectivity index (χ4v) is 3.78. The number of morpholine rings is 1. The molecule has 0 radical (unpaired) electrons. The molecular weight excluding hydrogens is 421 g/mol. The van der Waals surface area contributed by atoms with E-state index in [4.69, 9.17) is 4.74 Å². The molecule has 0 bridgehead atoms. The minimum atomic E-state index is -4.76. The zero-order chi connectivity index (χ0) is 22.1. The van der Waals surface area contributed by atoms with Gasteiger partial charge in [-0.2, -0.15) is 0 Å². The molecule has 32 heavy (non-hydrogen) atoms. The van der Waals surface area contributed by atoms with Gasteiger partial charge in [0.2, 0.25) is 0 Å². The van der Waals surface area contributed by atoms with Gasteiger partial charge in [0.25, 0.3) is 0 Å². The third kappa shape index (κ3) is 4.24. The van der Waals surface area contributed by atoms with E-state index in [2.05, 4.69) is 32.0 Å². The van der Waals surface area contributed by atoms with Crippen LogP contribution in [0.4, 0.5) is 18.9 Å². The number of anilines is 1. The van der Waals surface area contributed by atoms with Gasteiger partial charge in [-0.15, -0.1) is 23.4 Å². The molecule has 1 saturated heterocycles. The molecule has 0 spiro atoms. The van der Waals surface area contributed by atoms with Gasteiger partial charge in [-0.1, -0.05) is 24.3 Å². The molecule has 6 nitrogen and oxygen atoms in total. The SMILES string of the molecule is FC(F)(F)Oc1cccc(-c2nnc3ccc(-c4ccc(N5CCOCC5)cc4)cn23)c1. The Labute approximate surface area is 181 Å². The molecule has 4 aromatic rings. The van der Waals surface area contributed by atoms with Crippen molar-refractivity contribution in [2.45, 2.75) is 6.36 Å². The Morgan fingerprint density at radius 2 is 1.59 bits per heavy atom. The Morgan fingerprint density at radius 1 is 0.844 bits per heavy atom. The van der Waals surface area contributed by atoms with E-state index in [0.717, 1.165) is 43.1 Å². The molecule has 9 heteroatoms. The summed E-state index contributed by atoms with van der Waals surface area (Å²) in [5.74, 6) is 0.126. The summed E-state index contributed by atoms with van der Waals surface area (Å²) in [5, 5.41) is 8.31. The molecule has 0 amide bonds. The first-order chi connectivity index (χ1) is 15.5. The highest BCUT2D eigenvalue weighted by molar-refractivity contribution is 5.69. The van der Waals surface area contributed by atoms with Crippen LogP contribution < -0.4 is 9.64 Å². The molecule has 0 N–H and O–H groups in total. The number of ether oxygens (including phenoxy) is 2. The Bertz CT molecular complexity index is 1230. The van der Waals surface area contributed by atoms with Gasteiger partial charge in [0.05, 0.1) is 13.2 Å². The zero-order valence-corrected chi connectivity index (χ0v) is 16.9. The first-order valence-corrected chi connectivity index (χ1v) is 10.1. The monoisotopic (exact) mass is 440 g/mol. The van der Waals surface area contributed by atoms with Crippen molar-refractivity contribution in [3.05, 3.63) is 66.9 Å². The van der Waals surface area contributed by atoms with Crippen LogP contribution in [0.1, 0.15) is 0 Å². The smallest absolute Gasteiger partial charge is 0.406 e. The molecule has 2 aromatic carbocycles. The number of rotatable bonds is 4. The quantitative estimate of drug-likeness (QED) is 0.456. The van der Waals surface area contributed by atoms with Crippen LogP contribution in [0.2, 0.25) is 0 Å². The topological polar surface area (TPSA) is 51.9 Å². The maximum atomic E-state index is 12.6. The summed E-state index contributed by atoms with van der Waals surface area (Å²) in [6.07, 6.45) is -2.88. The van der Waals surface area contributed by atoms with Crippen LogP contribution in [0, 0.1) is 0 Å². The lowest BCUT2D eigenvalue weighted by Crippen LogP contribution is -2.36. The number of nitrogens with zero attached hydrogens (tertiary/aromatic N) is 4. The van der Waals surface area contributed by atoms with Gasteiger partial charge in [0.15, 0.2) is 11.5 Å². The van der Waals surface area contributed by atoms with Crippen LogP contribution in [0.25, 0.3) is 28.2 Å². The normalized spacial score (nSPS) is 14.7. The summed E-state index contributed by atoms with van der Waals surface area (Å²) < 4.78 is 49.0. The number of aromatic nitrogens is 3. The third-order valence-electron chi connectivity index (χ3n) is 5.31. The average molecular weight is 440 g/mol. The molecule has 1 aliphatic rings. The van der Waals surface area contributed by atoms with Crippen LogP contribution in [0.5, 0.6) is 5.75 Å². The molecule has 3 heterocycles. The van der Waals surface area contributed by atoms with Crippen molar-refractivity contribution >= 4 is 11.3 Å². The van der Waals surface area contributed by atoms with Crippen molar-refractivity contribution in [1.82, 2.24) is 14.6 Å². The molecule has 164 valence electrons. The highest BCUT2D eigenvalue weighted by Gasteiger charge is 2.31. The van der Waals surface area contributed by atoms with E-state index >= 15 is 0 Å². The maximum absolute atomic E-state index is 12.6. The molecule has 0 atom stereocenters. The second kappa shape index (κ2) is 8.16. The van der Waals surface area contributed by atoms with Gasteiger partial charge in [-0.25, -0.2) is 0 Å². The maximum Gasteiger partial charge on any atom is 0.573 e. The predicted octanol–water partition coefficient (Wildman–Crippen LogP) is 4.80. The number of benzene rings is 2. The Balaban J connectivity index is 1.46. The van der Waals surface area contributed by atoms with E-state index in [-0.39, 0.29) is 5.75 Å². The summed E-state index contributed by atoms with van der Waals surface area (Å²) in [5.41, 5.74) is 4.16. The standard InChI is InChI=1S/C23H19F3N4O2/c24-23(25,26)32-20-3-1-2-17(14-20)22-28-27-21-9-6-18(15-30(21)22)16-4-7-19(8-5-16)29-10-12-31-13-11-29/h1-9,14-15H,10-13H2. The van der Waals surface area contributed by atoms with E-state index in [0.29, 0.717) is 17.0 Å². The Kier molecular flexibility index (Phi) is 5.18. The van der Waals surface area contributed by atoms with Crippen LogP contribution >= 0.6 is 0 Å². The lowest BCUT2D eigenvalue weighted by molar-refractivity contribution is -0.274. The number of alkyl halides is 3. The second-order valence-electron chi connectivity index (χ2n) is 7.39. The lowest BCUT2D eigenvalue weighted by atomic mass is 10.1. The van der Waals surface area contributed by atoms with Crippen LogP contribution in [0.15, 0.2) is 66.9 Å². The van der Waals surface area contributed by atoms with Gasteiger partial charge in [-0.3, -0.25) is 4.40 Å². The van der Waals surface area contributed by atoms with Crippen LogP contribution in [0.3, 0.4) is 0 Å². The first-order valence-electron chi connectivity index (χ1n) is 10.1. The van der Waals surface area contributed by atoms with Crippen molar-refractivity contribution in [2.75, 3.05) is 31.2 Å². The largest absolute Gasteiger partial charge is 0.573 e. The first kappa shape index (κ1) is 20.3. The van der Waals surface area contributed by atoms with Crippen molar-refractivity contribution < 1.29 is 22.6 Å². The Hall–Kier alpha value is -3.59. The van der Waals surface area contributed by atoms with E-state index in [1.54, 1.807) is 10.5 Å². The summed E-state index contributed by atoms with van der Waals surface area (Å²) in [4.78, 5) is 2.28. The molecule has 1 aliphatic heterocycles. The summed E-state index contributed by atoms with van der Waals surface area (Å²) in [7, 11) is 0. The Morgan fingerprint density at radius 3 is 2.34 bits per heavy atom. The van der Waals surface area contributed by atoms with E-state index < -0.39 is 6.36 Å². The molecule has 1 fully saturated rings. The summed E-state index contributed by atoms with van der Waals surface area (Å²) >= 11 is 0. The molecule has 0 aliphatic carbocycles. The average Bonchev–Trinajstić information content (AvgIpc) is 3.22. The van der Waals surface area contributed by atoms with Crippen molar-refractivity contribution in [3.8, 4) is 28.3 Å². The fraction of sp³-hybridized carbons (Fsp3) is 0.217. The van der Waals surface area contributed by atoms with Crippen molar-refractivity contribution in [3.63, 3.8) is 0 Å². The van der Waals surface area contributed by atoms with Gasteiger partial charge < -0.3 is 14.4 Å². The number of halogens is 3. The minimum Gasteiger partial charge on any atom is -0.406 e. The van der Waals surface area contributed by atoms with Crippen LogP contribution in [-0.2, 0) is 4.74 Å². The number of pyridine rings is 1. The zero-order valence-electron chi connectivity index (χ0n) is 16.9. The van der Waals surface area contributed by atoms with E-state index in [1.165, 1.54) is 18.2 Å². The molecule has 5 rings (SSSR count). The highest BCUT2D eigenvalue weighted by Crippen LogP contribution is 2.29. The van der Waals surface area contributed by atoms with Crippen LogP contribution in [-0.4, -0.2) is 47.3 Å². The summed E-state index contributed by atoms with van der Waals surface area (Å²) in [6, 6.07) is 17.7. The molecule has 2 aromatic heterocycles. The third-order valence-corrected chi connectivity index (χ3v) is 5.31. The summed E-state index contributed by atoms with van der Waals surface area (Å²) in [6.45, 7) is 3.19. The lowest BCUT2D eigenvalue weighted by Gasteiger charge is -2.28. The number of fused-ring (bicyclic) bond motifs is 1. The minimum absolute atomic E-state index is 0.304.